The summed E-state index contributed by atoms with van der Waals surface area (Å²) in [6.45, 7) is 3.42. The molecule has 3 N–H and O–H groups in total. The van der Waals surface area contributed by atoms with Crippen LogP contribution in [-0.4, -0.2) is 66.3 Å². The first-order valence-electron chi connectivity index (χ1n) is 12.3. The summed E-state index contributed by atoms with van der Waals surface area (Å²) in [6.07, 6.45) is 1.78. The van der Waals surface area contributed by atoms with Crippen LogP contribution in [0.5, 0.6) is 0 Å². The highest BCUT2D eigenvalue weighted by molar-refractivity contribution is 5.95. The lowest BCUT2D eigenvalue weighted by molar-refractivity contribution is -0.146. The fourth-order valence-electron chi connectivity index (χ4n) is 3.95. The van der Waals surface area contributed by atoms with E-state index in [0.717, 1.165) is 22.9 Å². The van der Waals surface area contributed by atoms with Gasteiger partial charge in [0.25, 0.3) is 0 Å². The Hall–Kier alpha value is -3.80. The maximum absolute atomic E-state index is 14.6. The smallest absolute Gasteiger partial charge is 0.246 e. The third kappa shape index (κ3) is 7.87. The molecular formula is C28H33F5N4O3. The van der Waals surface area contributed by atoms with Gasteiger partial charge in [0.05, 0.1) is 0 Å². The van der Waals surface area contributed by atoms with Gasteiger partial charge in [0.15, 0.2) is 23.3 Å². The lowest BCUT2D eigenvalue weighted by Gasteiger charge is -2.34. The largest absolute Gasteiger partial charge is 0.357 e. The summed E-state index contributed by atoms with van der Waals surface area (Å²) < 4.78 is 70.8. The van der Waals surface area contributed by atoms with Crippen molar-refractivity contribution in [3.8, 4) is 0 Å². The number of amides is 3. The molecule has 2 aromatic rings. The Labute approximate surface area is 229 Å². The van der Waals surface area contributed by atoms with Gasteiger partial charge in [-0.3, -0.25) is 14.4 Å². The molecule has 12 heteroatoms. The second kappa shape index (κ2) is 13.5. The standard InChI is InChI=1S/C28H33F5N4O3/c1-28(2,34)13-9-12-20(38)36(4)19(15-17-21(29)23(31)25(33)24(32)22(17)30)27(40)37(5)18(26(39)35-3)14-16-10-7-6-8-11-16/h6-12,18-19H,13-15,34H2,1-5H3,(H,35,39)/b12-9+/t18-,19-/m1/s1. The van der Waals surface area contributed by atoms with E-state index in [1.165, 1.54) is 20.2 Å². The summed E-state index contributed by atoms with van der Waals surface area (Å²) in [6, 6.07) is 5.78. The highest BCUT2D eigenvalue weighted by Gasteiger charge is 2.37. The number of rotatable bonds is 11. The predicted octanol–water partition coefficient (Wildman–Crippen LogP) is 3.25. The van der Waals surface area contributed by atoms with Crippen LogP contribution in [0.1, 0.15) is 31.4 Å². The first-order chi connectivity index (χ1) is 18.6. The van der Waals surface area contributed by atoms with Crippen LogP contribution in [0.4, 0.5) is 22.0 Å². The molecule has 7 nitrogen and oxygen atoms in total. The molecule has 3 amide bonds. The monoisotopic (exact) mass is 568 g/mol. The predicted molar refractivity (Wildman–Crippen MR) is 139 cm³/mol. The number of nitrogens with one attached hydrogen (secondary N) is 1. The summed E-state index contributed by atoms with van der Waals surface area (Å²) >= 11 is 0. The Kier molecular flexibility index (Phi) is 10.9. The number of likely N-dealkylation sites (N-methyl/N-ethyl adjacent to an activating group) is 3. The second-order valence-corrected chi connectivity index (χ2v) is 10.1. The molecule has 0 aliphatic carbocycles. The Balaban J connectivity index is 2.54. The zero-order valence-electron chi connectivity index (χ0n) is 22.9. The molecule has 0 fully saturated rings. The summed E-state index contributed by atoms with van der Waals surface area (Å²) in [4.78, 5) is 41.2. The van der Waals surface area contributed by atoms with Gasteiger partial charge in [0.2, 0.25) is 23.5 Å². The molecule has 40 heavy (non-hydrogen) atoms. The molecule has 2 rings (SSSR count). The molecule has 0 saturated carbocycles. The van der Waals surface area contributed by atoms with Crippen molar-refractivity contribution in [3.63, 3.8) is 0 Å². The second-order valence-electron chi connectivity index (χ2n) is 10.1. The number of benzene rings is 2. The van der Waals surface area contributed by atoms with Crippen LogP contribution in [0.3, 0.4) is 0 Å². The fourth-order valence-corrected chi connectivity index (χ4v) is 3.95. The van der Waals surface area contributed by atoms with Gasteiger partial charge in [0.1, 0.15) is 12.1 Å². The molecule has 0 spiro atoms. The van der Waals surface area contributed by atoms with Crippen molar-refractivity contribution >= 4 is 17.7 Å². The van der Waals surface area contributed by atoms with E-state index < -0.39 is 76.4 Å². The average Bonchev–Trinajstić information content (AvgIpc) is 2.92. The van der Waals surface area contributed by atoms with E-state index in [2.05, 4.69) is 5.32 Å². The van der Waals surface area contributed by atoms with E-state index in [0.29, 0.717) is 5.56 Å². The van der Waals surface area contributed by atoms with Crippen molar-refractivity contribution in [2.75, 3.05) is 21.1 Å². The molecule has 0 heterocycles. The van der Waals surface area contributed by atoms with Crippen molar-refractivity contribution < 1.29 is 36.3 Å². The number of nitrogens with two attached hydrogens (primary N) is 1. The number of halogens is 5. The van der Waals surface area contributed by atoms with Crippen LogP contribution in [0.15, 0.2) is 42.5 Å². The quantitative estimate of drug-likeness (QED) is 0.188. The van der Waals surface area contributed by atoms with Crippen LogP contribution >= 0.6 is 0 Å². The fraction of sp³-hybridized carbons (Fsp3) is 0.393. The van der Waals surface area contributed by atoms with E-state index in [-0.39, 0.29) is 12.8 Å². The molecule has 2 atom stereocenters. The van der Waals surface area contributed by atoms with Crippen LogP contribution in [-0.2, 0) is 27.2 Å². The molecule has 0 radical (unpaired) electrons. The topological polar surface area (TPSA) is 95.7 Å². The van der Waals surface area contributed by atoms with E-state index in [1.54, 1.807) is 44.2 Å². The van der Waals surface area contributed by atoms with E-state index >= 15 is 0 Å². The Morgan fingerprint density at radius 3 is 1.90 bits per heavy atom. The first-order valence-corrected chi connectivity index (χ1v) is 12.3. The van der Waals surface area contributed by atoms with Crippen LogP contribution in [0.25, 0.3) is 0 Å². The van der Waals surface area contributed by atoms with Crippen molar-refractivity contribution in [3.05, 3.63) is 82.7 Å². The normalized spacial score (nSPS) is 13.2. The number of hydrogen-bond acceptors (Lipinski definition) is 4. The average molecular weight is 569 g/mol. The minimum atomic E-state index is -2.35. The van der Waals surface area contributed by atoms with Gasteiger partial charge < -0.3 is 20.9 Å². The van der Waals surface area contributed by atoms with Crippen molar-refractivity contribution in [1.82, 2.24) is 15.1 Å². The zero-order valence-corrected chi connectivity index (χ0v) is 22.9. The van der Waals surface area contributed by atoms with Gasteiger partial charge >= 0.3 is 0 Å². The Morgan fingerprint density at radius 1 is 0.875 bits per heavy atom. The van der Waals surface area contributed by atoms with Crippen LogP contribution in [0.2, 0.25) is 0 Å². The molecule has 0 bridgehead atoms. The van der Waals surface area contributed by atoms with Gasteiger partial charge in [-0.25, -0.2) is 22.0 Å². The molecule has 0 aliphatic rings. The number of nitrogens with zero attached hydrogens (tertiary/aromatic N) is 2. The highest BCUT2D eigenvalue weighted by atomic mass is 19.2. The lowest BCUT2D eigenvalue weighted by atomic mass is 9.99. The van der Waals surface area contributed by atoms with E-state index in [4.69, 9.17) is 5.73 Å². The minimum absolute atomic E-state index is 0.0428. The molecule has 0 saturated heterocycles. The van der Waals surface area contributed by atoms with Gasteiger partial charge in [-0.2, -0.15) is 0 Å². The van der Waals surface area contributed by atoms with E-state index in [1.807, 2.05) is 0 Å². The van der Waals surface area contributed by atoms with Gasteiger partial charge in [0, 0.05) is 45.1 Å². The SMILES string of the molecule is CNC(=O)[C@@H](Cc1ccccc1)N(C)C(=O)[C@@H](Cc1c(F)c(F)c(F)c(F)c1F)N(C)C(=O)/C=C/CC(C)(C)N. The summed E-state index contributed by atoms with van der Waals surface area (Å²) in [5, 5.41) is 2.45. The first kappa shape index (κ1) is 32.4. The number of carbonyl (C=O) groups excluding carboxylic acids is 3. The lowest BCUT2D eigenvalue weighted by Crippen LogP contribution is -2.55. The number of hydrogen-bond donors (Lipinski definition) is 2. The van der Waals surface area contributed by atoms with Crippen molar-refractivity contribution in [2.24, 2.45) is 5.73 Å². The molecule has 0 unspecified atom stereocenters. The Morgan fingerprint density at radius 2 is 1.40 bits per heavy atom. The van der Waals surface area contributed by atoms with Crippen LogP contribution in [0, 0.1) is 29.1 Å². The summed E-state index contributed by atoms with van der Waals surface area (Å²) in [7, 11) is 3.75. The maximum atomic E-state index is 14.6. The molecule has 0 aliphatic heterocycles. The van der Waals surface area contributed by atoms with Gasteiger partial charge in [-0.1, -0.05) is 36.4 Å². The van der Waals surface area contributed by atoms with Crippen molar-refractivity contribution in [2.45, 2.75) is 50.7 Å². The van der Waals surface area contributed by atoms with Gasteiger partial charge in [-0.05, 0) is 31.9 Å². The summed E-state index contributed by atoms with van der Waals surface area (Å²) in [5.74, 6) is -13.3. The third-order valence-electron chi connectivity index (χ3n) is 6.34. The maximum Gasteiger partial charge on any atom is 0.246 e. The molecule has 2 aromatic carbocycles. The molecule has 0 aromatic heterocycles. The van der Waals surface area contributed by atoms with E-state index in [9.17, 15) is 36.3 Å². The third-order valence-corrected chi connectivity index (χ3v) is 6.34. The zero-order chi connectivity index (χ0) is 30.4. The summed E-state index contributed by atoms with van der Waals surface area (Å²) in [5.41, 5.74) is 4.65. The van der Waals surface area contributed by atoms with Gasteiger partial charge in [-0.15, -0.1) is 0 Å². The molecule has 218 valence electrons. The molecular weight excluding hydrogens is 535 g/mol. The Bertz CT molecular complexity index is 1240. The minimum Gasteiger partial charge on any atom is -0.357 e. The van der Waals surface area contributed by atoms with Crippen molar-refractivity contribution in [1.29, 1.82) is 0 Å². The van der Waals surface area contributed by atoms with Crippen LogP contribution < -0.4 is 11.1 Å². The number of carbonyl (C=O) groups is 3. The highest BCUT2D eigenvalue weighted by Crippen LogP contribution is 2.26.